The fourth-order valence-corrected chi connectivity index (χ4v) is 3.51. The molecule has 86 valence electrons. The molecule has 0 unspecified atom stereocenters. The number of rotatable bonds is 1. The van der Waals surface area contributed by atoms with Gasteiger partial charge in [0.2, 0.25) is 0 Å². The molecule has 0 amide bonds. The number of nitrogens with one attached hydrogen (secondary N) is 1. The SMILES string of the molecule is c1ccc([C@@H]2NCC23CCCCCC3)cc1. The van der Waals surface area contributed by atoms with Gasteiger partial charge in [0.05, 0.1) is 0 Å². The van der Waals surface area contributed by atoms with Gasteiger partial charge in [-0.05, 0) is 18.4 Å². The summed E-state index contributed by atoms with van der Waals surface area (Å²) in [4.78, 5) is 0. The van der Waals surface area contributed by atoms with E-state index in [1.54, 1.807) is 0 Å². The Morgan fingerprint density at radius 1 is 0.938 bits per heavy atom. The third-order valence-corrected chi connectivity index (χ3v) is 4.50. The Kier molecular flexibility index (Phi) is 2.72. The minimum Gasteiger partial charge on any atom is -0.309 e. The highest BCUT2D eigenvalue weighted by Crippen LogP contribution is 2.50. The largest absolute Gasteiger partial charge is 0.309 e. The summed E-state index contributed by atoms with van der Waals surface area (Å²) in [6.07, 6.45) is 8.63. The van der Waals surface area contributed by atoms with Gasteiger partial charge in [-0.15, -0.1) is 0 Å². The van der Waals surface area contributed by atoms with Crippen LogP contribution < -0.4 is 5.32 Å². The maximum Gasteiger partial charge on any atom is 0.0389 e. The highest BCUT2D eigenvalue weighted by atomic mass is 15.0. The van der Waals surface area contributed by atoms with Crippen molar-refractivity contribution < 1.29 is 0 Å². The van der Waals surface area contributed by atoms with Crippen molar-refractivity contribution in [2.75, 3.05) is 6.54 Å². The van der Waals surface area contributed by atoms with Crippen LogP contribution in [0.15, 0.2) is 30.3 Å². The lowest BCUT2D eigenvalue weighted by Gasteiger charge is -2.51. The van der Waals surface area contributed by atoms with E-state index < -0.39 is 0 Å². The first-order valence-electron chi connectivity index (χ1n) is 6.69. The fourth-order valence-electron chi connectivity index (χ4n) is 3.51. The first-order valence-corrected chi connectivity index (χ1v) is 6.69. The standard InChI is InChI=1S/C15H21N/c1-2-7-11-15(10-6-1)12-16-14(15)13-8-4-3-5-9-13/h3-5,8-9,14,16H,1-2,6-7,10-12H2/t14-/m0/s1. The van der Waals surface area contributed by atoms with Crippen LogP contribution >= 0.6 is 0 Å². The van der Waals surface area contributed by atoms with Gasteiger partial charge in [-0.1, -0.05) is 56.0 Å². The van der Waals surface area contributed by atoms with E-state index in [1.807, 2.05) is 0 Å². The van der Waals surface area contributed by atoms with Gasteiger partial charge in [-0.2, -0.15) is 0 Å². The van der Waals surface area contributed by atoms with Crippen LogP contribution in [-0.2, 0) is 0 Å². The molecule has 1 atom stereocenters. The Balaban J connectivity index is 1.81. The summed E-state index contributed by atoms with van der Waals surface area (Å²) in [6, 6.07) is 11.6. The molecule has 1 N–H and O–H groups in total. The van der Waals surface area contributed by atoms with Crippen molar-refractivity contribution >= 4 is 0 Å². The maximum atomic E-state index is 3.65. The van der Waals surface area contributed by atoms with Gasteiger partial charge < -0.3 is 5.32 Å². The summed E-state index contributed by atoms with van der Waals surface area (Å²) in [5, 5.41) is 3.65. The van der Waals surface area contributed by atoms with Crippen LogP contribution in [0.2, 0.25) is 0 Å². The molecule has 1 saturated carbocycles. The molecule has 1 aromatic carbocycles. The first-order chi connectivity index (χ1) is 7.91. The molecule has 1 aliphatic carbocycles. The molecule has 0 bridgehead atoms. The van der Waals surface area contributed by atoms with E-state index in [0.717, 1.165) is 0 Å². The van der Waals surface area contributed by atoms with Crippen LogP contribution in [0.3, 0.4) is 0 Å². The zero-order valence-electron chi connectivity index (χ0n) is 9.91. The lowest BCUT2D eigenvalue weighted by Crippen LogP contribution is -2.55. The topological polar surface area (TPSA) is 12.0 Å². The summed E-state index contributed by atoms with van der Waals surface area (Å²) in [5.41, 5.74) is 2.09. The molecule has 1 spiro atoms. The van der Waals surface area contributed by atoms with Crippen molar-refractivity contribution in [1.82, 2.24) is 5.32 Å². The van der Waals surface area contributed by atoms with E-state index in [4.69, 9.17) is 0 Å². The van der Waals surface area contributed by atoms with Crippen molar-refractivity contribution in [3.05, 3.63) is 35.9 Å². The van der Waals surface area contributed by atoms with Crippen molar-refractivity contribution in [3.8, 4) is 0 Å². The Hall–Kier alpha value is -0.820. The monoisotopic (exact) mass is 215 g/mol. The van der Waals surface area contributed by atoms with Crippen LogP contribution in [0.1, 0.15) is 50.1 Å². The zero-order valence-corrected chi connectivity index (χ0v) is 9.91. The van der Waals surface area contributed by atoms with E-state index in [0.29, 0.717) is 11.5 Å². The van der Waals surface area contributed by atoms with Crippen LogP contribution in [-0.4, -0.2) is 6.54 Å². The number of hydrogen-bond donors (Lipinski definition) is 1. The Bertz CT molecular complexity index is 336. The predicted molar refractivity (Wildman–Crippen MR) is 67.3 cm³/mol. The van der Waals surface area contributed by atoms with Crippen molar-refractivity contribution in [2.45, 2.75) is 44.6 Å². The van der Waals surface area contributed by atoms with Crippen LogP contribution in [0.25, 0.3) is 0 Å². The highest BCUT2D eigenvalue weighted by Gasteiger charge is 2.46. The second-order valence-electron chi connectivity index (χ2n) is 5.50. The van der Waals surface area contributed by atoms with Gasteiger partial charge in [0, 0.05) is 18.0 Å². The van der Waals surface area contributed by atoms with Gasteiger partial charge >= 0.3 is 0 Å². The molecule has 1 aromatic rings. The Morgan fingerprint density at radius 3 is 2.19 bits per heavy atom. The lowest BCUT2D eigenvalue weighted by atomic mass is 9.66. The third kappa shape index (κ3) is 1.67. The van der Waals surface area contributed by atoms with Gasteiger partial charge in [-0.25, -0.2) is 0 Å². The van der Waals surface area contributed by atoms with Gasteiger partial charge in [0.15, 0.2) is 0 Å². The molecule has 1 heteroatoms. The molecule has 16 heavy (non-hydrogen) atoms. The second kappa shape index (κ2) is 4.21. The Morgan fingerprint density at radius 2 is 1.62 bits per heavy atom. The van der Waals surface area contributed by atoms with E-state index in [9.17, 15) is 0 Å². The second-order valence-corrected chi connectivity index (χ2v) is 5.50. The minimum atomic E-state index is 0.595. The van der Waals surface area contributed by atoms with Crippen molar-refractivity contribution in [3.63, 3.8) is 0 Å². The summed E-state index contributed by atoms with van der Waals surface area (Å²) < 4.78 is 0. The molecule has 1 nitrogen and oxygen atoms in total. The molecule has 0 aromatic heterocycles. The molecule has 0 radical (unpaired) electrons. The highest BCUT2D eigenvalue weighted by molar-refractivity contribution is 5.25. The maximum absolute atomic E-state index is 3.65. The van der Waals surface area contributed by atoms with Gasteiger partial charge in [0.25, 0.3) is 0 Å². The quantitative estimate of drug-likeness (QED) is 0.753. The van der Waals surface area contributed by atoms with E-state index in [1.165, 1.54) is 50.6 Å². The predicted octanol–water partition coefficient (Wildman–Crippen LogP) is 3.67. The van der Waals surface area contributed by atoms with Crippen LogP contribution in [0.4, 0.5) is 0 Å². The molecule has 1 heterocycles. The van der Waals surface area contributed by atoms with E-state index >= 15 is 0 Å². The molecular formula is C15H21N. The lowest BCUT2D eigenvalue weighted by molar-refractivity contribution is 0.0617. The van der Waals surface area contributed by atoms with Gasteiger partial charge in [-0.3, -0.25) is 0 Å². The van der Waals surface area contributed by atoms with E-state index in [-0.39, 0.29) is 0 Å². The summed E-state index contributed by atoms with van der Waals surface area (Å²) in [7, 11) is 0. The first kappa shape index (κ1) is 10.3. The summed E-state index contributed by atoms with van der Waals surface area (Å²) >= 11 is 0. The van der Waals surface area contributed by atoms with Crippen molar-refractivity contribution in [2.24, 2.45) is 5.41 Å². The summed E-state index contributed by atoms with van der Waals surface area (Å²) in [5.74, 6) is 0. The fraction of sp³-hybridized carbons (Fsp3) is 0.600. The molecule has 2 fully saturated rings. The molecule has 1 saturated heterocycles. The summed E-state index contributed by atoms with van der Waals surface area (Å²) in [6.45, 7) is 1.24. The van der Waals surface area contributed by atoms with Crippen molar-refractivity contribution in [1.29, 1.82) is 0 Å². The molecular weight excluding hydrogens is 194 g/mol. The van der Waals surface area contributed by atoms with Crippen LogP contribution in [0.5, 0.6) is 0 Å². The van der Waals surface area contributed by atoms with E-state index in [2.05, 4.69) is 35.6 Å². The molecule has 3 rings (SSSR count). The normalized spacial score (nSPS) is 28.4. The van der Waals surface area contributed by atoms with Crippen LogP contribution in [0, 0.1) is 5.41 Å². The zero-order chi connectivity index (χ0) is 10.8. The smallest absolute Gasteiger partial charge is 0.0389 e. The van der Waals surface area contributed by atoms with Gasteiger partial charge in [0.1, 0.15) is 0 Å². The minimum absolute atomic E-state index is 0.595. The Labute approximate surface area is 98.3 Å². The number of hydrogen-bond acceptors (Lipinski definition) is 1. The average Bonchev–Trinajstić information content (AvgIpc) is 2.56. The molecule has 1 aliphatic heterocycles. The third-order valence-electron chi connectivity index (χ3n) is 4.50. The number of benzene rings is 1. The average molecular weight is 215 g/mol. The molecule has 2 aliphatic rings.